The summed E-state index contributed by atoms with van der Waals surface area (Å²) in [7, 11) is 3.22. The average molecular weight is 264 g/mol. The summed E-state index contributed by atoms with van der Waals surface area (Å²) in [6.45, 7) is -0.00981. The number of rotatable bonds is 6. The third kappa shape index (κ3) is 3.23. The molecule has 1 aromatic heterocycles. The van der Waals surface area contributed by atoms with Crippen LogP contribution < -0.4 is 9.47 Å². The third-order valence-electron chi connectivity index (χ3n) is 2.66. The van der Waals surface area contributed by atoms with Crippen LogP contribution in [-0.4, -0.2) is 36.1 Å². The molecule has 0 radical (unpaired) electrons. The van der Waals surface area contributed by atoms with Gasteiger partial charge in [-0.25, -0.2) is 0 Å². The first kappa shape index (κ1) is 13.4. The zero-order chi connectivity index (χ0) is 13.7. The largest absolute Gasteiger partial charge is 0.497 e. The van der Waals surface area contributed by atoms with E-state index in [1.807, 2.05) is 18.2 Å². The van der Waals surface area contributed by atoms with E-state index in [0.717, 1.165) is 17.1 Å². The Morgan fingerprint density at radius 1 is 1.16 bits per heavy atom. The third-order valence-corrected chi connectivity index (χ3v) is 2.66. The van der Waals surface area contributed by atoms with E-state index in [-0.39, 0.29) is 6.61 Å². The first-order valence-electron chi connectivity index (χ1n) is 5.90. The van der Waals surface area contributed by atoms with Gasteiger partial charge in [-0.1, -0.05) is 0 Å². The van der Waals surface area contributed by atoms with E-state index in [1.165, 1.54) is 0 Å². The highest BCUT2D eigenvalue weighted by Crippen LogP contribution is 2.26. The fourth-order valence-corrected chi connectivity index (χ4v) is 1.74. The van der Waals surface area contributed by atoms with Gasteiger partial charge in [-0.3, -0.25) is 0 Å². The zero-order valence-electron chi connectivity index (χ0n) is 10.9. The number of ether oxygens (including phenoxy) is 2. The van der Waals surface area contributed by atoms with E-state index in [9.17, 15) is 0 Å². The quantitative estimate of drug-likeness (QED) is 0.845. The van der Waals surface area contributed by atoms with E-state index in [4.69, 9.17) is 19.0 Å². The van der Waals surface area contributed by atoms with Crippen LogP contribution in [0.25, 0.3) is 0 Å². The molecule has 0 bridgehead atoms. The number of hydrogen-bond acceptors (Lipinski definition) is 6. The number of aliphatic hydroxyl groups is 1. The Balaban J connectivity index is 2.20. The van der Waals surface area contributed by atoms with Crippen molar-refractivity contribution in [2.24, 2.45) is 0 Å². The molecule has 2 rings (SSSR count). The van der Waals surface area contributed by atoms with Gasteiger partial charge in [0.15, 0.2) is 0 Å². The SMILES string of the molecule is COc1ccc(OC)c(Cc2nnc(CCO)o2)c1. The van der Waals surface area contributed by atoms with Gasteiger partial charge in [0.05, 0.1) is 27.2 Å². The number of hydrogen-bond donors (Lipinski definition) is 1. The van der Waals surface area contributed by atoms with Gasteiger partial charge in [-0.05, 0) is 18.2 Å². The molecule has 1 aromatic carbocycles. The Morgan fingerprint density at radius 3 is 2.63 bits per heavy atom. The van der Waals surface area contributed by atoms with Gasteiger partial charge in [-0.2, -0.15) is 0 Å². The molecule has 6 nitrogen and oxygen atoms in total. The monoisotopic (exact) mass is 264 g/mol. The molecule has 1 heterocycles. The maximum atomic E-state index is 8.80. The van der Waals surface area contributed by atoms with E-state index in [2.05, 4.69) is 10.2 Å². The molecule has 0 amide bonds. The molecule has 0 saturated heterocycles. The minimum atomic E-state index is -0.00981. The molecule has 2 aromatic rings. The van der Waals surface area contributed by atoms with Crippen molar-refractivity contribution in [3.05, 3.63) is 35.5 Å². The molecule has 6 heteroatoms. The highest BCUT2D eigenvalue weighted by atomic mass is 16.5. The lowest BCUT2D eigenvalue weighted by Gasteiger charge is -2.08. The summed E-state index contributed by atoms with van der Waals surface area (Å²) in [6.07, 6.45) is 0.820. The van der Waals surface area contributed by atoms with Crippen molar-refractivity contribution >= 4 is 0 Å². The second-order valence-corrected chi connectivity index (χ2v) is 3.92. The van der Waals surface area contributed by atoms with E-state index in [1.54, 1.807) is 14.2 Å². The average Bonchev–Trinajstić information content (AvgIpc) is 2.86. The van der Waals surface area contributed by atoms with Crippen LogP contribution in [-0.2, 0) is 12.8 Å². The predicted octanol–water partition coefficient (Wildman–Crippen LogP) is 1.21. The molecule has 0 spiro atoms. The van der Waals surface area contributed by atoms with Crippen molar-refractivity contribution in [2.45, 2.75) is 12.8 Å². The van der Waals surface area contributed by atoms with Crippen LogP contribution in [0.2, 0.25) is 0 Å². The molecule has 0 atom stereocenters. The van der Waals surface area contributed by atoms with Crippen molar-refractivity contribution in [1.82, 2.24) is 10.2 Å². The van der Waals surface area contributed by atoms with Gasteiger partial charge in [0.1, 0.15) is 11.5 Å². The Morgan fingerprint density at radius 2 is 1.95 bits per heavy atom. The molecule has 0 unspecified atom stereocenters. The van der Waals surface area contributed by atoms with Crippen LogP contribution in [0.15, 0.2) is 22.6 Å². The van der Waals surface area contributed by atoms with Gasteiger partial charge < -0.3 is 19.0 Å². The second-order valence-electron chi connectivity index (χ2n) is 3.92. The van der Waals surface area contributed by atoms with Crippen molar-refractivity contribution in [3.63, 3.8) is 0 Å². The van der Waals surface area contributed by atoms with Crippen molar-refractivity contribution in [3.8, 4) is 11.5 Å². The molecule has 0 aliphatic heterocycles. The van der Waals surface area contributed by atoms with Crippen LogP contribution >= 0.6 is 0 Å². The first-order chi connectivity index (χ1) is 9.26. The summed E-state index contributed by atoms with van der Waals surface area (Å²) in [4.78, 5) is 0. The summed E-state index contributed by atoms with van der Waals surface area (Å²) < 4.78 is 15.9. The minimum absolute atomic E-state index is 0.00981. The molecule has 19 heavy (non-hydrogen) atoms. The number of aliphatic hydroxyl groups excluding tert-OH is 1. The smallest absolute Gasteiger partial charge is 0.221 e. The molecule has 0 fully saturated rings. The Kier molecular flexibility index (Phi) is 4.35. The highest BCUT2D eigenvalue weighted by molar-refractivity contribution is 5.41. The Bertz CT molecular complexity index is 539. The molecule has 0 aliphatic rings. The van der Waals surface area contributed by atoms with Crippen LogP contribution in [0.3, 0.4) is 0 Å². The Labute approximate surface area is 111 Å². The fourth-order valence-electron chi connectivity index (χ4n) is 1.74. The van der Waals surface area contributed by atoms with Crippen LogP contribution in [0.5, 0.6) is 11.5 Å². The van der Waals surface area contributed by atoms with Gasteiger partial charge in [0.25, 0.3) is 0 Å². The number of benzene rings is 1. The van der Waals surface area contributed by atoms with Crippen molar-refractivity contribution in [1.29, 1.82) is 0 Å². The van der Waals surface area contributed by atoms with Gasteiger partial charge in [0, 0.05) is 12.0 Å². The summed E-state index contributed by atoms with van der Waals surface area (Å²) in [5.74, 6) is 2.39. The normalized spacial score (nSPS) is 10.5. The van der Waals surface area contributed by atoms with E-state index < -0.39 is 0 Å². The maximum absolute atomic E-state index is 8.80. The standard InChI is InChI=1S/C13H16N2O4/c1-17-10-3-4-11(18-2)9(7-10)8-13-15-14-12(19-13)5-6-16/h3-4,7,16H,5-6,8H2,1-2H3. The van der Waals surface area contributed by atoms with Gasteiger partial charge in [-0.15, -0.1) is 10.2 Å². The minimum Gasteiger partial charge on any atom is -0.497 e. The molecule has 1 N–H and O–H groups in total. The lowest BCUT2D eigenvalue weighted by atomic mass is 10.1. The second kappa shape index (κ2) is 6.19. The zero-order valence-corrected chi connectivity index (χ0v) is 10.9. The predicted molar refractivity (Wildman–Crippen MR) is 67.4 cm³/mol. The van der Waals surface area contributed by atoms with E-state index >= 15 is 0 Å². The van der Waals surface area contributed by atoms with Gasteiger partial charge >= 0.3 is 0 Å². The summed E-state index contributed by atoms with van der Waals surface area (Å²) >= 11 is 0. The lowest BCUT2D eigenvalue weighted by molar-refractivity contribution is 0.283. The Hall–Kier alpha value is -2.08. The molecular formula is C13H16N2O4. The highest BCUT2D eigenvalue weighted by Gasteiger charge is 2.11. The van der Waals surface area contributed by atoms with Gasteiger partial charge in [0.2, 0.25) is 11.8 Å². The molecule has 0 saturated carbocycles. The maximum Gasteiger partial charge on any atom is 0.221 e. The summed E-state index contributed by atoms with van der Waals surface area (Å²) in [6, 6.07) is 5.53. The number of nitrogens with zero attached hydrogens (tertiary/aromatic N) is 2. The van der Waals surface area contributed by atoms with Crippen LogP contribution in [0.1, 0.15) is 17.3 Å². The van der Waals surface area contributed by atoms with Crippen molar-refractivity contribution in [2.75, 3.05) is 20.8 Å². The summed E-state index contributed by atoms with van der Waals surface area (Å²) in [5, 5.41) is 16.6. The van der Waals surface area contributed by atoms with E-state index in [0.29, 0.717) is 24.6 Å². The summed E-state index contributed by atoms with van der Waals surface area (Å²) in [5.41, 5.74) is 0.904. The number of aromatic nitrogens is 2. The number of methoxy groups -OCH3 is 2. The van der Waals surface area contributed by atoms with Crippen molar-refractivity contribution < 1.29 is 19.0 Å². The topological polar surface area (TPSA) is 77.6 Å². The molecular weight excluding hydrogens is 248 g/mol. The molecule has 0 aliphatic carbocycles. The fraction of sp³-hybridized carbons (Fsp3) is 0.385. The van der Waals surface area contributed by atoms with Crippen LogP contribution in [0.4, 0.5) is 0 Å². The molecule has 102 valence electrons. The van der Waals surface area contributed by atoms with Crippen LogP contribution in [0, 0.1) is 0 Å². The lowest BCUT2D eigenvalue weighted by Crippen LogP contribution is -1.95. The first-order valence-corrected chi connectivity index (χ1v) is 5.90.